The topological polar surface area (TPSA) is 35.2 Å². The lowest BCUT2D eigenvalue weighted by molar-refractivity contribution is 0.268. The Balaban J connectivity index is 0.000000980. The van der Waals surface area contributed by atoms with Gasteiger partial charge < -0.3 is 10.5 Å². The van der Waals surface area contributed by atoms with E-state index in [1.165, 1.54) is 5.56 Å². The first-order valence-corrected chi connectivity index (χ1v) is 5.16. The average molecular weight is 279 g/mol. The summed E-state index contributed by atoms with van der Waals surface area (Å²) in [6.45, 7) is 2.78. The third-order valence-corrected chi connectivity index (χ3v) is 3.23. The number of hydrogen-bond donors (Lipinski definition) is 1. The lowest BCUT2D eigenvalue weighted by Crippen LogP contribution is -2.20. The van der Waals surface area contributed by atoms with Crippen molar-refractivity contribution < 1.29 is 4.74 Å². The van der Waals surface area contributed by atoms with Crippen LogP contribution in [-0.2, 0) is 0 Å². The van der Waals surface area contributed by atoms with Gasteiger partial charge in [0.1, 0.15) is 5.75 Å². The van der Waals surface area contributed by atoms with Crippen LogP contribution >= 0.6 is 28.3 Å². The van der Waals surface area contributed by atoms with Crippen molar-refractivity contribution in [2.75, 3.05) is 6.61 Å². The van der Waals surface area contributed by atoms with Gasteiger partial charge in [-0.3, -0.25) is 0 Å². The van der Waals surface area contributed by atoms with E-state index in [2.05, 4.69) is 22.0 Å². The zero-order valence-electron chi connectivity index (χ0n) is 7.92. The van der Waals surface area contributed by atoms with Crippen LogP contribution in [0.25, 0.3) is 0 Å². The van der Waals surface area contributed by atoms with E-state index >= 15 is 0 Å². The standard InChI is InChI=1S/C10H12BrNO.ClH/c1-6-4-10-7(5-8(6)11)9(12)2-3-13-10;/h4-5,9H,2-3,12H2,1H3;1H/t9-;/m0./s1. The van der Waals surface area contributed by atoms with Gasteiger partial charge in [-0.25, -0.2) is 0 Å². The highest BCUT2D eigenvalue weighted by Crippen LogP contribution is 2.34. The molecule has 1 aliphatic rings. The lowest BCUT2D eigenvalue weighted by atomic mass is 10.0. The molecule has 0 radical (unpaired) electrons. The van der Waals surface area contributed by atoms with E-state index in [4.69, 9.17) is 10.5 Å². The number of halogens is 2. The lowest BCUT2D eigenvalue weighted by Gasteiger charge is -2.23. The molecule has 0 saturated carbocycles. The number of hydrogen-bond acceptors (Lipinski definition) is 2. The van der Waals surface area contributed by atoms with Gasteiger partial charge in [0.25, 0.3) is 0 Å². The van der Waals surface area contributed by atoms with Crippen LogP contribution in [0, 0.1) is 6.92 Å². The Morgan fingerprint density at radius 2 is 2.21 bits per heavy atom. The Morgan fingerprint density at radius 3 is 2.93 bits per heavy atom. The average Bonchev–Trinajstić information content (AvgIpc) is 2.09. The minimum Gasteiger partial charge on any atom is -0.493 e. The second-order valence-electron chi connectivity index (χ2n) is 3.38. The third-order valence-electron chi connectivity index (χ3n) is 2.38. The first-order valence-electron chi connectivity index (χ1n) is 4.37. The molecule has 1 atom stereocenters. The highest BCUT2D eigenvalue weighted by molar-refractivity contribution is 9.10. The van der Waals surface area contributed by atoms with E-state index in [-0.39, 0.29) is 18.4 Å². The molecule has 78 valence electrons. The van der Waals surface area contributed by atoms with Gasteiger partial charge in [0.15, 0.2) is 0 Å². The van der Waals surface area contributed by atoms with Crippen LogP contribution in [0.2, 0.25) is 0 Å². The summed E-state index contributed by atoms with van der Waals surface area (Å²) in [6.07, 6.45) is 0.905. The van der Waals surface area contributed by atoms with Gasteiger partial charge in [0, 0.05) is 22.5 Å². The molecule has 2 N–H and O–H groups in total. The van der Waals surface area contributed by atoms with Crippen molar-refractivity contribution in [3.8, 4) is 5.75 Å². The van der Waals surface area contributed by atoms with Crippen LogP contribution in [0.3, 0.4) is 0 Å². The van der Waals surface area contributed by atoms with E-state index in [1.807, 2.05) is 13.0 Å². The summed E-state index contributed by atoms with van der Waals surface area (Å²) in [5.74, 6) is 0.944. The summed E-state index contributed by atoms with van der Waals surface area (Å²) >= 11 is 3.49. The molecule has 1 aliphatic heterocycles. The van der Waals surface area contributed by atoms with Crippen molar-refractivity contribution in [1.82, 2.24) is 0 Å². The Morgan fingerprint density at radius 1 is 1.50 bits per heavy atom. The summed E-state index contributed by atoms with van der Waals surface area (Å²) in [4.78, 5) is 0. The smallest absolute Gasteiger partial charge is 0.124 e. The van der Waals surface area contributed by atoms with Crippen molar-refractivity contribution in [3.63, 3.8) is 0 Å². The zero-order chi connectivity index (χ0) is 9.42. The van der Waals surface area contributed by atoms with Crippen LogP contribution in [0.15, 0.2) is 16.6 Å². The van der Waals surface area contributed by atoms with Crippen LogP contribution in [0.5, 0.6) is 5.75 Å². The molecular formula is C10H13BrClNO. The maximum Gasteiger partial charge on any atom is 0.124 e. The third kappa shape index (κ3) is 2.05. The summed E-state index contributed by atoms with van der Waals surface area (Å²) in [5, 5.41) is 0. The van der Waals surface area contributed by atoms with Gasteiger partial charge in [-0.2, -0.15) is 0 Å². The van der Waals surface area contributed by atoms with Gasteiger partial charge >= 0.3 is 0 Å². The maximum absolute atomic E-state index is 5.96. The SMILES string of the molecule is Cc1cc2c(cc1Br)[C@@H](N)CCO2.Cl. The molecule has 4 heteroatoms. The second-order valence-corrected chi connectivity index (χ2v) is 4.24. The van der Waals surface area contributed by atoms with E-state index in [0.717, 1.165) is 28.8 Å². The zero-order valence-corrected chi connectivity index (χ0v) is 10.3. The predicted molar refractivity (Wildman–Crippen MR) is 63.2 cm³/mol. The van der Waals surface area contributed by atoms with Crippen molar-refractivity contribution in [2.24, 2.45) is 5.73 Å². The number of rotatable bonds is 0. The second kappa shape index (κ2) is 4.51. The molecule has 0 saturated heterocycles. The molecule has 1 aromatic carbocycles. The fourth-order valence-corrected chi connectivity index (χ4v) is 1.90. The van der Waals surface area contributed by atoms with E-state index in [1.54, 1.807) is 0 Å². The van der Waals surface area contributed by atoms with E-state index < -0.39 is 0 Å². The van der Waals surface area contributed by atoms with Crippen molar-refractivity contribution >= 4 is 28.3 Å². The molecule has 2 rings (SSSR count). The van der Waals surface area contributed by atoms with Crippen molar-refractivity contribution in [3.05, 3.63) is 27.7 Å². The molecule has 2 nitrogen and oxygen atoms in total. The minimum absolute atomic E-state index is 0. The van der Waals surface area contributed by atoms with E-state index in [0.29, 0.717) is 0 Å². The number of aryl methyl sites for hydroxylation is 1. The normalized spacial score (nSPS) is 19.2. The van der Waals surface area contributed by atoms with Crippen LogP contribution < -0.4 is 10.5 Å². The summed E-state index contributed by atoms with van der Waals surface area (Å²) in [7, 11) is 0. The number of ether oxygens (including phenoxy) is 1. The predicted octanol–water partition coefficient (Wildman–Crippen LogP) is 2.96. The van der Waals surface area contributed by atoms with Crippen LogP contribution in [-0.4, -0.2) is 6.61 Å². The summed E-state index contributed by atoms with van der Waals surface area (Å²) in [5.41, 5.74) is 8.27. The fraction of sp³-hybridized carbons (Fsp3) is 0.400. The van der Waals surface area contributed by atoms with Gasteiger partial charge in [0.2, 0.25) is 0 Å². The molecule has 0 aromatic heterocycles. The molecule has 14 heavy (non-hydrogen) atoms. The first-order chi connectivity index (χ1) is 6.18. The summed E-state index contributed by atoms with van der Waals surface area (Å²) in [6, 6.07) is 4.23. The van der Waals surface area contributed by atoms with Crippen LogP contribution in [0.4, 0.5) is 0 Å². The van der Waals surface area contributed by atoms with Crippen molar-refractivity contribution in [2.45, 2.75) is 19.4 Å². The molecule has 1 heterocycles. The Bertz CT molecular complexity index is 343. The number of benzene rings is 1. The largest absolute Gasteiger partial charge is 0.493 e. The number of nitrogens with two attached hydrogens (primary N) is 1. The first kappa shape index (κ1) is 11.8. The fourth-order valence-electron chi connectivity index (χ4n) is 1.54. The quantitative estimate of drug-likeness (QED) is 0.792. The molecule has 1 aromatic rings. The molecule has 0 amide bonds. The molecule has 0 bridgehead atoms. The minimum atomic E-state index is 0. The maximum atomic E-state index is 5.96. The molecular weight excluding hydrogens is 265 g/mol. The number of fused-ring (bicyclic) bond motifs is 1. The van der Waals surface area contributed by atoms with Gasteiger partial charge in [-0.1, -0.05) is 15.9 Å². The van der Waals surface area contributed by atoms with Gasteiger partial charge in [-0.05, 0) is 24.6 Å². The molecule has 0 aliphatic carbocycles. The Labute approximate surface area is 98.4 Å². The Hall–Kier alpha value is -0.250. The Kier molecular flexibility index (Phi) is 3.81. The van der Waals surface area contributed by atoms with Crippen LogP contribution in [0.1, 0.15) is 23.6 Å². The van der Waals surface area contributed by atoms with Gasteiger partial charge in [0.05, 0.1) is 6.61 Å². The highest BCUT2D eigenvalue weighted by Gasteiger charge is 2.18. The van der Waals surface area contributed by atoms with Crippen molar-refractivity contribution in [1.29, 1.82) is 0 Å². The monoisotopic (exact) mass is 277 g/mol. The summed E-state index contributed by atoms with van der Waals surface area (Å²) < 4.78 is 6.63. The van der Waals surface area contributed by atoms with Gasteiger partial charge in [-0.15, -0.1) is 12.4 Å². The highest BCUT2D eigenvalue weighted by atomic mass is 79.9. The van der Waals surface area contributed by atoms with E-state index in [9.17, 15) is 0 Å². The molecule has 0 fully saturated rings. The molecule has 0 spiro atoms. The molecule has 0 unspecified atom stereocenters.